The van der Waals surface area contributed by atoms with Gasteiger partial charge >= 0.3 is 0 Å². The van der Waals surface area contributed by atoms with Crippen molar-refractivity contribution in [1.82, 2.24) is 10.5 Å². The quantitative estimate of drug-likeness (QED) is 0.854. The number of aryl methyl sites for hydroxylation is 2. The van der Waals surface area contributed by atoms with Gasteiger partial charge in [-0.2, -0.15) is 0 Å². The number of carbonyl (C=O) groups excluding carboxylic acids is 1. The van der Waals surface area contributed by atoms with Gasteiger partial charge in [0.15, 0.2) is 11.5 Å². The number of nitrogens with zero attached hydrogens (tertiary/aromatic N) is 1. The fourth-order valence-corrected chi connectivity index (χ4v) is 1.86. The lowest BCUT2D eigenvalue weighted by Gasteiger charge is -2.22. The topological polar surface area (TPSA) is 84.6 Å². The van der Waals surface area contributed by atoms with Crippen LogP contribution in [0, 0.1) is 13.8 Å². The molecule has 6 heteroatoms. The second kappa shape index (κ2) is 6.83. The molecule has 124 valence electrons. The minimum absolute atomic E-state index is 0.158. The van der Waals surface area contributed by atoms with Crippen LogP contribution < -0.4 is 10.1 Å². The zero-order valence-electron chi connectivity index (χ0n) is 13.8. The summed E-state index contributed by atoms with van der Waals surface area (Å²) in [5.41, 5.74) is 1.78. The van der Waals surface area contributed by atoms with Gasteiger partial charge in [-0.05, 0) is 51.0 Å². The number of aliphatic hydroxyl groups excluding tert-OH is 1. The van der Waals surface area contributed by atoms with Crippen LogP contribution in [-0.4, -0.2) is 28.3 Å². The minimum Gasteiger partial charge on any atom is -0.486 e. The number of hydrogen-bond acceptors (Lipinski definition) is 5. The number of carbonyl (C=O) groups is 1. The molecule has 0 aliphatic carbocycles. The summed E-state index contributed by atoms with van der Waals surface area (Å²) in [6.45, 7) is 7.51. The van der Waals surface area contributed by atoms with Crippen molar-refractivity contribution in [2.45, 2.75) is 39.8 Å². The van der Waals surface area contributed by atoms with Crippen molar-refractivity contribution in [2.24, 2.45) is 0 Å². The predicted molar refractivity (Wildman–Crippen MR) is 85.4 cm³/mol. The standard InChI is InChI=1S/C17H22N2O4/c1-11-5-6-13(7-12(11)2)22-9-14-8-15(19-23-14)16(21)18-17(3,4)10-20/h5-8,20H,9-10H2,1-4H3,(H,18,21). The Morgan fingerprint density at radius 1 is 1.30 bits per heavy atom. The fraction of sp³-hybridized carbons (Fsp3) is 0.412. The number of ether oxygens (including phenoxy) is 1. The van der Waals surface area contributed by atoms with Gasteiger partial charge in [0.2, 0.25) is 0 Å². The number of amides is 1. The van der Waals surface area contributed by atoms with Crippen LogP contribution in [0.4, 0.5) is 0 Å². The Balaban J connectivity index is 1.96. The van der Waals surface area contributed by atoms with Gasteiger partial charge in [0.05, 0.1) is 12.1 Å². The molecule has 6 nitrogen and oxygen atoms in total. The molecular weight excluding hydrogens is 296 g/mol. The molecule has 23 heavy (non-hydrogen) atoms. The van der Waals surface area contributed by atoms with E-state index in [1.807, 2.05) is 32.0 Å². The zero-order valence-corrected chi connectivity index (χ0v) is 13.8. The highest BCUT2D eigenvalue weighted by Crippen LogP contribution is 2.18. The van der Waals surface area contributed by atoms with E-state index >= 15 is 0 Å². The van der Waals surface area contributed by atoms with Gasteiger partial charge in [0.1, 0.15) is 12.4 Å². The smallest absolute Gasteiger partial charge is 0.273 e. The Morgan fingerprint density at radius 3 is 2.70 bits per heavy atom. The number of nitrogens with one attached hydrogen (secondary N) is 1. The highest BCUT2D eigenvalue weighted by molar-refractivity contribution is 5.92. The number of aliphatic hydroxyl groups is 1. The van der Waals surface area contributed by atoms with Crippen molar-refractivity contribution in [2.75, 3.05) is 6.61 Å². The molecule has 2 rings (SSSR count). The van der Waals surface area contributed by atoms with Gasteiger partial charge < -0.3 is 19.7 Å². The summed E-state index contributed by atoms with van der Waals surface area (Å²) in [5.74, 6) is 0.789. The molecule has 0 saturated carbocycles. The molecule has 1 aromatic heterocycles. The van der Waals surface area contributed by atoms with Crippen LogP contribution in [-0.2, 0) is 6.61 Å². The molecule has 1 aromatic carbocycles. The molecule has 2 aromatic rings. The first-order chi connectivity index (χ1) is 10.8. The summed E-state index contributed by atoms with van der Waals surface area (Å²) in [7, 11) is 0. The fourth-order valence-electron chi connectivity index (χ4n) is 1.86. The first-order valence-corrected chi connectivity index (χ1v) is 7.40. The van der Waals surface area contributed by atoms with E-state index in [0.717, 1.165) is 11.3 Å². The summed E-state index contributed by atoms with van der Waals surface area (Å²) < 4.78 is 10.7. The molecule has 0 aliphatic rings. The van der Waals surface area contributed by atoms with Gasteiger partial charge in [0.25, 0.3) is 5.91 Å². The van der Waals surface area contributed by atoms with E-state index in [4.69, 9.17) is 14.4 Å². The molecule has 0 atom stereocenters. The van der Waals surface area contributed by atoms with E-state index in [2.05, 4.69) is 10.5 Å². The maximum absolute atomic E-state index is 12.0. The van der Waals surface area contributed by atoms with Crippen molar-refractivity contribution in [3.05, 3.63) is 46.8 Å². The summed E-state index contributed by atoms with van der Waals surface area (Å²) in [6, 6.07) is 7.35. The number of aromatic nitrogens is 1. The van der Waals surface area contributed by atoms with E-state index in [1.54, 1.807) is 13.8 Å². The molecule has 2 N–H and O–H groups in total. The van der Waals surface area contributed by atoms with Crippen LogP contribution in [0.25, 0.3) is 0 Å². The second-order valence-electron chi connectivity index (χ2n) is 6.21. The molecule has 1 amide bonds. The molecule has 0 aliphatic heterocycles. The van der Waals surface area contributed by atoms with Gasteiger partial charge in [-0.15, -0.1) is 0 Å². The van der Waals surface area contributed by atoms with Gasteiger partial charge in [-0.3, -0.25) is 4.79 Å². The Bertz CT molecular complexity index is 692. The first-order valence-electron chi connectivity index (χ1n) is 7.40. The normalized spacial score (nSPS) is 11.3. The molecule has 0 bridgehead atoms. The van der Waals surface area contributed by atoms with Crippen LogP contribution in [0.5, 0.6) is 5.75 Å². The van der Waals surface area contributed by atoms with Crippen molar-refractivity contribution in [3.63, 3.8) is 0 Å². The van der Waals surface area contributed by atoms with E-state index in [1.165, 1.54) is 11.6 Å². The number of hydrogen-bond donors (Lipinski definition) is 2. The van der Waals surface area contributed by atoms with E-state index in [-0.39, 0.29) is 18.9 Å². The third-order valence-corrected chi connectivity index (χ3v) is 3.50. The lowest BCUT2D eigenvalue weighted by molar-refractivity contribution is 0.0860. The van der Waals surface area contributed by atoms with E-state index < -0.39 is 11.4 Å². The van der Waals surface area contributed by atoms with Crippen molar-refractivity contribution >= 4 is 5.91 Å². The molecule has 0 unspecified atom stereocenters. The molecule has 1 heterocycles. The van der Waals surface area contributed by atoms with Crippen LogP contribution in [0.2, 0.25) is 0 Å². The predicted octanol–water partition coefficient (Wildman–Crippen LogP) is 2.37. The maximum atomic E-state index is 12.0. The lowest BCUT2D eigenvalue weighted by Crippen LogP contribution is -2.46. The number of benzene rings is 1. The second-order valence-corrected chi connectivity index (χ2v) is 6.21. The highest BCUT2D eigenvalue weighted by atomic mass is 16.5. The average molecular weight is 318 g/mol. The largest absolute Gasteiger partial charge is 0.486 e. The third-order valence-electron chi connectivity index (χ3n) is 3.50. The molecule has 0 radical (unpaired) electrons. The van der Waals surface area contributed by atoms with Crippen molar-refractivity contribution in [1.29, 1.82) is 0 Å². The Labute approximate surface area is 135 Å². The molecule has 0 spiro atoms. The Kier molecular flexibility index (Phi) is 5.05. The van der Waals surface area contributed by atoms with Crippen molar-refractivity contribution < 1.29 is 19.2 Å². The monoisotopic (exact) mass is 318 g/mol. The zero-order chi connectivity index (χ0) is 17.0. The van der Waals surface area contributed by atoms with Gasteiger partial charge in [0, 0.05) is 6.07 Å². The van der Waals surface area contributed by atoms with Gasteiger partial charge in [-0.1, -0.05) is 11.2 Å². The van der Waals surface area contributed by atoms with Crippen molar-refractivity contribution in [3.8, 4) is 5.75 Å². The Morgan fingerprint density at radius 2 is 2.04 bits per heavy atom. The van der Waals surface area contributed by atoms with Crippen LogP contribution in [0.1, 0.15) is 41.2 Å². The third kappa shape index (κ3) is 4.56. The molecular formula is C17H22N2O4. The summed E-state index contributed by atoms with van der Waals surface area (Å²) in [4.78, 5) is 12.0. The summed E-state index contributed by atoms with van der Waals surface area (Å²) >= 11 is 0. The highest BCUT2D eigenvalue weighted by Gasteiger charge is 2.22. The SMILES string of the molecule is Cc1ccc(OCc2cc(C(=O)NC(C)(C)CO)no2)cc1C. The van der Waals surface area contributed by atoms with Crippen LogP contribution >= 0.6 is 0 Å². The number of rotatable bonds is 6. The first kappa shape index (κ1) is 17.0. The molecule has 0 fully saturated rings. The van der Waals surface area contributed by atoms with Crippen LogP contribution in [0.15, 0.2) is 28.8 Å². The average Bonchev–Trinajstić information content (AvgIpc) is 2.97. The lowest BCUT2D eigenvalue weighted by atomic mass is 10.1. The summed E-state index contributed by atoms with van der Waals surface area (Å²) in [5, 5.41) is 15.6. The molecule has 0 saturated heterocycles. The van der Waals surface area contributed by atoms with Gasteiger partial charge in [-0.25, -0.2) is 0 Å². The van der Waals surface area contributed by atoms with E-state index in [9.17, 15) is 4.79 Å². The Hall–Kier alpha value is -2.34. The van der Waals surface area contributed by atoms with E-state index in [0.29, 0.717) is 5.76 Å². The maximum Gasteiger partial charge on any atom is 0.273 e. The summed E-state index contributed by atoms with van der Waals surface area (Å²) in [6.07, 6.45) is 0. The van der Waals surface area contributed by atoms with Crippen LogP contribution in [0.3, 0.4) is 0 Å². The minimum atomic E-state index is -0.716.